The summed E-state index contributed by atoms with van der Waals surface area (Å²) < 4.78 is 28.3. The average Bonchev–Trinajstić information content (AvgIpc) is 3.25. The Morgan fingerprint density at radius 1 is 1.50 bits per heavy atom. The van der Waals surface area contributed by atoms with E-state index in [9.17, 15) is 18.0 Å². The number of nitrogens with zero attached hydrogens (tertiary/aromatic N) is 1. The second kappa shape index (κ2) is 7.77. The number of furan rings is 1. The van der Waals surface area contributed by atoms with Gasteiger partial charge in [-0.2, -0.15) is 0 Å². The van der Waals surface area contributed by atoms with E-state index in [0.29, 0.717) is 21.4 Å². The standard InChI is InChI=1S/C16H16N2O5S3/c19-14(17-11-6-8-26(21,22)10-11)9-18-15(20)13(25-16(18)24)5-1-3-12-4-2-7-23-12/h1-5,7,11H,6,8-10H2,(H,17,19). The van der Waals surface area contributed by atoms with E-state index in [1.807, 2.05) is 0 Å². The molecular weight excluding hydrogens is 396 g/mol. The van der Waals surface area contributed by atoms with Crippen LogP contribution in [0.3, 0.4) is 0 Å². The van der Waals surface area contributed by atoms with Gasteiger partial charge in [0, 0.05) is 6.04 Å². The second-order valence-electron chi connectivity index (χ2n) is 5.83. The van der Waals surface area contributed by atoms with E-state index in [2.05, 4.69) is 5.32 Å². The molecule has 3 heterocycles. The third kappa shape index (κ3) is 4.63. The minimum absolute atomic E-state index is 0.0609. The summed E-state index contributed by atoms with van der Waals surface area (Å²) in [7, 11) is -3.08. The van der Waals surface area contributed by atoms with Gasteiger partial charge in [0.15, 0.2) is 9.84 Å². The van der Waals surface area contributed by atoms with Gasteiger partial charge in [0.05, 0.1) is 22.7 Å². The first-order valence-electron chi connectivity index (χ1n) is 7.79. The quantitative estimate of drug-likeness (QED) is 0.576. The molecule has 7 nitrogen and oxygen atoms in total. The third-order valence-corrected chi connectivity index (χ3v) is 6.99. The minimum Gasteiger partial charge on any atom is -0.465 e. The van der Waals surface area contributed by atoms with Crippen molar-refractivity contribution in [3.8, 4) is 0 Å². The molecule has 26 heavy (non-hydrogen) atoms. The van der Waals surface area contributed by atoms with Gasteiger partial charge >= 0.3 is 0 Å². The Kier molecular flexibility index (Phi) is 5.64. The number of allylic oxidation sites excluding steroid dienone is 2. The number of carbonyl (C=O) groups excluding carboxylic acids is 2. The topological polar surface area (TPSA) is 96.7 Å². The number of sulfone groups is 1. The molecule has 1 atom stereocenters. The van der Waals surface area contributed by atoms with Gasteiger partial charge in [0.1, 0.15) is 16.6 Å². The van der Waals surface area contributed by atoms with E-state index in [-0.39, 0.29) is 24.0 Å². The number of carbonyl (C=O) groups is 2. The van der Waals surface area contributed by atoms with E-state index < -0.39 is 21.8 Å². The van der Waals surface area contributed by atoms with Crippen molar-refractivity contribution < 1.29 is 22.4 Å². The number of amides is 2. The Hall–Kier alpha value is -1.91. The van der Waals surface area contributed by atoms with Crippen LogP contribution in [0.2, 0.25) is 0 Å². The summed E-state index contributed by atoms with van der Waals surface area (Å²) >= 11 is 6.29. The SMILES string of the molecule is O=C(CN1C(=O)C(=CC=Cc2ccco2)SC1=S)NC1CCS(=O)(=O)C1. The summed E-state index contributed by atoms with van der Waals surface area (Å²) in [6.45, 7) is -0.222. The van der Waals surface area contributed by atoms with E-state index in [1.54, 1.807) is 36.6 Å². The predicted octanol–water partition coefficient (Wildman–Crippen LogP) is 1.34. The number of thiocarbonyl (C=S) groups is 1. The molecule has 10 heteroatoms. The first-order valence-corrected chi connectivity index (χ1v) is 10.8. The minimum atomic E-state index is -3.08. The van der Waals surface area contributed by atoms with Crippen molar-refractivity contribution >= 4 is 56.0 Å². The molecule has 0 aliphatic carbocycles. The molecule has 1 N–H and O–H groups in total. The Bertz CT molecular complexity index is 887. The van der Waals surface area contributed by atoms with Crippen LogP contribution in [-0.4, -0.2) is 53.5 Å². The second-order valence-corrected chi connectivity index (χ2v) is 9.74. The van der Waals surface area contributed by atoms with Crippen LogP contribution in [0, 0.1) is 0 Å². The van der Waals surface area contributed by atoms with E-state index in [0.717, 1.165) is 11.8 Å². The molecule has 2 saturated heterocycles. The highest BCUT2D eigenvalue weighted by Gasteiger charge is 2.34. The molecule has 2 fully saturated rings. The molecule has 2 amide bonds. The van der Waals surface area contributed by atoms with E-state index in [1.165, 1.54) is 4.90 Å². The normalized spacial score (nSPS) is 24.1. The lowest BCUT2D eigenvalue weighted by molar-refractivity contribution is -0.129. The average molecular weight is 413 g/mol. The zero-order valence-corrected chi connectivity index (χ0v) is 16.0. The summed E-state index contributed by atoms with van der Waals surface area (Å²) in [5.41, 5.74) is 0. The molecule has 2 aliphatic heterocycles. The maximum atomic E-state index is 12.4. The molecule has 0 radical (unpaired) electrons. The van der Waals surface area contributed by atoms with Gasteiger partial charge < -0.3 is 9.73 Å². The van der Waals surface area contributed by atoms with Crippen LogP contribution >= 0.6 is 24.0 Å². The molecule has 2 aliphatic rings. The Labute approximate surface area is 160 Å². The molecule has 1 unspecified atom stereocenters. The molecule has 0 aromatic carbocycles. The maximum Gasteiger partial charge on any atom is 0.266 e. The Morgan fingerprint density at radius 3 is 2.96 bits per heavy atom. The van der Waals surface area contributed by atoms with Gasteiger partial charge in [-0.3, -0.25) is 14.5 Å². The lowest BCUT2D eigenvalue weighted by atomic mass is 10.2. The number of thioether (sulfide) groups is 1. The highest BCUT2D eigenvalue weighted by Crippen LogP contribution is 2.30. The van der Waals surface area contributed by atoms with Crippen LogP contribution in [0.15, 0.2) is 39.9 Å². The summed E-state index contributed by atoms with van der Waals surface area (Å²) in [5, 5.41) is 2.65. The van der Waals surface area contributed by atoms with Crippen molar-refractivity contribution in [2.24, 2.45) is 0 Å². The van der Waals surface area contributed by atoms with Crippen LogP contribution in [0.4, 0.5) is 0 Å². The molecule has 3 rings (SSSR count). The largest absolute Gasteiger partial charge is 0.465 e. The van der Waals surface area contributed by atoms with E-state index >= 15 is 0 Å². The molecule has 1 aromatic heterocycles. The lowest BCUT2D eigenvalue weighted by Gasteiger charge is -2.16. The molecule has 1 aromatic rings. The van der Waals surface area contributed by atoms with Crippen LogP contribution in [0.25, 0.3) is 6.08 Å². The van der Waals surface area contributed by atoms with Gasteiger partial charge in [-0.15, -0.1) is 0 Å². The lowest BCUT2D eigenvalue weighted by Crippen LogP contribution is -2.43. The molecule has 0 bridgehead atoms. The number of hydrogen-bond acceptors (Lipinski definition) is 7. The predicted molar refractivity (Wildman–Crippen MR) is 103 cm³/mol. The third-order valence-electron chi connectivity index (χ3n) is 3.82. The zero-order valence-electron chi connectivity index (χ0n) is 13.6. The fourth-order valence-electron chi connectivity index (χ4n) is 2.59. The summed E-state index contributed by atoms with van der Waals surface area (Å²) in [6, 6.07) is 3.13. The van der Waals surface area contributed by atoms with Gasteiger partial charge in [-0.05, 0) is 30.7 Å². The van der Waals surface area contributed by atoms with Gasteiger partial charge in [-0.25, -0.2) is 8.42 Å². The van der Waals surface area contributed by atoms with Crippen LogP contribution < -0.4 is 5.32 Å². The van der Waals surface area contributed by atoms with Gasteiger partial charge in [0.25, 0.3) is 5.91 Å². The first kappa shape index (κ1) is 18.9. The first-order chi connectivity index (χ1) is 12.3. The van der Waals surface area contributed by atoms with Crippen molar-refractivity contribution in [2.45, 2.75) is 12.5 Å². The smallest absolute Gasteiger partial charge is 0.266 e. The number of rotatable bonds is 5. The Balaban J connectivity index is 1.57. The fraction of sp³-hybridized carbons (Fsp3) is 0.312. The van der Waals surface area contributed by atoms with Gasteiger partial charge in [0.2, 0.25) is 5.91 Å². The number of hydrogen-bond donors (Lipinski definition) is 1. The van der Waals surface area contributed by atoms with Crippen molar-refractivity contribution in [2.75, 3.05) is 18.1 Å². The van der Waals surface area contributed by atoms with Crippen molar-refractivity contribution in [1.29, 1.82) is 0 Å². The molecule has 138 valence electrons. The molecular formula is C16H16N2O5S3. The fourth-order valence-corrected chi connectivity index (χ4v) is 5.47. The molecule has 0 saturated carbocycles. The highest BCUT2D eigenvalue weighted by molar-refractivity contribution is 8.26. The van der Waals surface area contributed by atoms with Crippen molar-refractivity contribution in [1.82, 2.24) is 10.2 Å². The summed E-state index contributed by atoms with van der Waals surface area (Å²) in [5.74, 6) is -0.102. The van der Waals surface area contributed by atoms with Crippen LogP contribution in [0.1, 0.15) is 12.2 Å². The Morgan fingerprint density at radius 2 is 2.31 bits per heavy atom. The monoisotopic (exact) mass is 412 g/mol. The van der Waals surface area contributed by atoms with Crippen molar-refractivity contribution in [3.05, 3.63) is 41.2 Å². The van der Waals surface area contributed by atoms with Gasteiger partial charge in [-0.1, -0.05) is 30.1 Å². The van der Waals surface area contributed by atoms with Crippen molar-refractivity contribution in [3.63, 3.8) is 0 Å². The molecule has 0 spiro atoms. The maximum absolute atomic E-state index is 12.4. The number of nitrogens with one attached hydrogen (secondary N) is 1. The zero-order chi connectivity index (χ0) is 18.7. The highest BCUT2D eigenvalue weighted by atomic mass is 32.2. The van der Waals surface area contributed by atoms with E-state index in [4.69, 9.17) is 16.6 Å². The summed E-state index contributed by atoms with van der Waals surface area (Å²) in [4.78, 5) is 26.1. The van der Waals surface area contributed by atoms with Crippen LogP contribution in [0.5, 0.6) is 0 Å². The summed E-state index contributed by atoms with van der Waals surface area (Å²) in [6.07, 6.45) is 6.94. The van der Waals surface area contributed by atoms with Crippen LogP contribution in [-0.2, 0) is 19.4 Å².